The fourth-order valence-corrected chi connectivity index (χ4v) is 4.99. The van der Waals surface area contributed by atoms with Gasteiger partial charge in [0.1, 0.15) is 11.6 Å². The molecule has 0 aromatic heterocycles. The lowest BCUT2D eigenvalue weighted by atomic mass is 9.90. The summed E-state index contributed by atoms with van der Waals surface area (Å²) in [6.07, 6.45) is -4.72. The summed E-state index contributed by atoms with van der Waals surface area (Å²) in [5.74, 6) is -1.78. The fraction of sp³-hybridized carbons (Fsp3) is 0.265. The molecule has 0 heterocycles. The molecule has 4 aromatic carbocycles. The van der Waals surface area contributed by atoms with Crippen LogP contribution in [0.25, 0.3) is 0 Å². The summed E-state index contributed by atoms with van der Waals surface area (Å²) >= 11 is 0. The first-order valence-corrected chi connectivity index (χ1v) is 13.7. The maximum absolute atomic E-state index is 15.1. The summed E-state index contributed by atoms with van der Waals surface area (Å²) in [5.41, 5.74) is 1.39. The van der Waals surface area contributed by atoms with Gasteiger partial charge in [-0.1, -0.05) is 84.9 Å². The van der Waals surface area contributed by atoms with E-state index in [1.165, 1.54) is 12.1 Å². The third-order valence-corrected chi connectivity index (χ3v) is 7.07. The van der Waals surface area contributed by atoms with Gasteiger partial charge in [0.25, 0.3) is 0 Å². The molecule has 0 aliphatic rings. The molecule has 0 aliphatic carbocycles. The highest BCUT2D eigenvalue weighted by molar-refractivity contribution is 5.70. The van der Waals surface area contributed by atoms with Crippen molar-refractivity contribution < 1.29 is 32.2 Å². The minimum atomic E-state index is -4.79. The minimum absolute atomic E-state index is 0.0211. The third-order valence-electron chi connectivity index (χ3n) is 7.07. The molecule has 0 saturated carbocycles. The number of carboxylic acids is 1. The van der Waals surface area contributed by atoms with Crippen molar-refractivity contribution in [1.82, 2.24) is 4.90 Å². The molecule has 1 N–H and O–H groups in total. The molecule has 0 amide bonds. The van der Waals surface area contributed by atoms with Crippen LogP contribution >= 0.6 is 0 Å². The second kappa shape index (κ2) is 14.1. The van der Waals surface area contributed by atoms with Gasteiger partial charge in [0.05, 0.1) is 18.1 Å². The van der Waals surface area contributed by atoms with Crippen molar-refractivity contribution in [3.05, 3.63) is 137 Å². The molecular formula is C34H33F4NO3. The lowest BCUT2D eigenvalue weighted by Crippen LogP contribution is -2.32. The first kappa shape index (κ1) is 30.8. The number of hydrogen-bond acceptors (Lipinski definition) is 3. The van der Waals surface area contributed by atoms with Crippen molar-refractivity contribution in [2.45, 2.75) is 44.5 Å². The number of hydrogen-bond donors (Lipinski definition) is 1. The Morgan fingerprint density at radius 2 is 1.50 bits per heavy atom. The van der Waals surface area contributed by atoms with Gasteiger partial charge in [-0.25, -0.2) is 4.39 Å². The first-order valence-electron chi connectivity index (χ1n) is 13.7. The number of halogens is 4. The molecule has 4 nitrogen and oxygen atoms in total. The number of ether oxygens (including phenoxy) is 1. The molecule has 4 aromatic rings. The zero-order valence-electron chi connectivity index (χ0n) is 23.2. The molecule has 0 radical (unpaired) electrons. The van der Waals surface area contributed by atoms with Crippen molar-refractivity contribution in [3.8, 4) is 5.75 Å². The minimum Gasteiger partial charge on any atom is -0.491 e. The molecule has 220 valence electrons. The van der Waals surface area contributed by atoms with E-state index < -0.39 is 23.5 Å². The Labute approximate surface area is 243 Å². The molecule has 42 heavy (non-hydrogen) atoms. The Bertz CT molecular complexity index is 1400. The Hall–Kier alpha value is -4.17. The van der Waals surface area contributed by atoms with E-state index in [0.717, 1.165) is 17.2 Å². The molecule has 0 saturated heterocycles. The van der Waals surface area contributed by atoms with Crippen LogP contribution in [0.2, 0.25) is 0 Å². The third kappa shape index (κ3) is 8.66. The number of carbonyl (C=O) groups is 1. The first-order chi connectivity index (χ1) is 20.1. The highest BCUT2D eigenvalue weighted by Gasteiger charge is 2.35. The van der Waals surface area contributed by atoms with E-state index in [-0.39, 0.29) is 30.6 Å². The number of benzene rings is 4. The largest absolute Gasteiger partial charge is 0.491 e. The molecule has 1 unspecified atom stereocenters. The number of carboxylic acid groups (broad SMARTS) is 1. The second-order valence-electron chi connectivity index (χ2n) is 10.3. The van der Waals surface area contributed by atoms with E-state index in [1.807, 2.05) is 72.5 Å². The van der Waals surface area contributed by atoms with Crippen LogP contribution in [-0.2, 0) is 23.9 Å². The standard InChI is InChI=1S/C34H33F4NO3/c1-24(42-29-16-8-10-25(20-29)21-32(40)41)18-19-39(22-28-15-9-17-31(33(28)35)34(36,37)38)23-30(26-11-4-2-5-12-26)27-13-6-3-7-14-27/h2-17,20,24,30H,18-19,21-23H2,1H3,(H,40,41). The van der Waals surface area contributed by atoms with Crippen molar-refractivity contribution >= 4 is 5.97 Å². The zero-order chi connectivity index (χ0) is 30.1. The van der Waals surface area contributed by atoms with Crippen LogP contribution in [0, 0.1) is 5.82 Å². The highest BCUT2D eigenvalue weighted by Crippen LogP contribution is 2.33. The molecular weight excluding hydrogens is 546 g/mol. The predicted octanol–water partition coefficient (Wildman–Crippen LogP) is 7.96. The van der Waals surface area contributed by atoms with Gasteiger partial charge in [0, 0.05) is 31.1 Å². The fourth-order valence-electron chi connectivity index (χ4n) is 4.99. The monoisotopic (exact) mass is 579 g/mol. The second-order valence-corrected chi connectivity index (χ2v) is 10.3. The van der Waals surface area contributed by atoms with Gasteiger partial charge in [0.2, 0.25) is 0 Å². The van der Waals surface area contributed by atoms with Crippen molar-refractivity contribution in [3.63, 3.8) is 0 Å². The average molecular weight is 580 g/mol. The van der Waals surface area contributed by atoms with Gasteiger partial charge in [-0.15, -0.1) is 0 Å². The summed E-state index contributed by atoms with van der Waals surface area (Å²) in [7, 11) is 0. The van der Waals surface area contributed by atoms with E-state index in [9.17, 15) is 18.0 Å². The van der Waals surface area contributed by atoms with Crippen LogP contribution in [0.4, 0.5) is 17.6 Å². The Morgan fingerprint density at radius 1 is 0.881 bits per heavy atom. The Kier molecular flexibility index (Phi) is 10.4. The van der Waals surface area contributed by atoms with Gasteiger partial charge in [-0.3, -0.25) is 9.69 Å². The van der Waals surface area contributed by atoms with Crippen molar-refractivity contribution in [2.75, 3.05) is 13.1 Å². The maximum Gasteiger partial charge on any atom is 0.419 e. The van der Waals surface area contributed by atoms with Crippen LogP contribution < -0.4 is 4.74 Å². The van der Waals surface area contributed by atoms with Crippen LogP contribution in [0.1, 0.15) is 47.1 Å². The quantitative estimate of drug-likeness (QED) is 0.163. The molecule has 0 bridgehead atoms. The summed E-state index contributed by atoms with van der Waals surface area (Å²) < 4.78 is 61.6. The molecule has 0 aliphatic heterocycles. The number of aliphatic carboxylic acids is 1. The lowest BCUT2D eigenvalue weighted by molar-refractivity contribution is -0.140. The SMILES string of the molecule is CC(CCN(Cc1cccc(C(F)(F)F)c1F)CC(c1ccccc1)c1ccccc1)Oc1cccc(CC(=O)O)c1. The summed E-state index contributed by atoms with van der Waals surface area (Å²) in [5, 5.41) is 9.09. The summed E-state index contributed by atoms with van der Waals surface area (Å²) in [6.45, 7) is 2.71. The van der Waals surface area contributed by atoms with E-state index in [1.54, 1.807) is 24.3 Å². The van der Waals surface area contributed by atoms with Crippen LogP contribution in [0.15, 0.2) is 103 Å². The number of alkyl halides is 3. The predicted molar refractivity (Wildman–Crippen MR) is 154 cm³/mol. The van der Waals surface area contributed by atoms with Crippen molar-refractivity contribution in [1.29, 1.82) is 0 Å². The topological polar surface area (TPSA) is 49.8 Å². The summed E-state index contributed by atoms with van der Waals surface area (Å²) in [6, 6.07) is 29.9. The lowest BCUT2D eigenvalue weighted by Gasteiger charge is -2.30. The van der Waals surface area contributed by atoms with E-state index in [2.05, 4.69) is 0 Å². The normalized spacial score (nSPS) is 12.5. The molecule has 8 heteroatoms. The zero-order valence-corrected chi connectivity index (χ0v) is 23.2. The van der Waals surface area contributed by atoms with E-state index >= 15 is 4.39 Å². The molecule has 0 spiro atoms. The maximum atomic E-state index is 15.1. The van der Waals surface area contributed by atoms with E-state index in [4.69, 9.17) is 9.84 Å². The van der Waals surface area contributed by atoms with Crippen molar-refractivity contribution in [2.24, 2.45) is 0 Å². The van der Waals surface area contributed by atoms with Crippen LogP contribution in [-0.4, -0.2) is 35.2 Å². The van der Waals surface area contributed by atoms with E-state index in [0.29, 0.717) is 30.8 Å². The smallest absolute Gasteiger partial charge is 0.419 e. The molecule has 1 atom stereocenters. The highest BCUT2D eigenvalue weighted by atomic mass is 19.4. The van der Waals surface area contributed by atoms with Gasteiger partial charge < -0.3 is 9.84 Å². The Morgan fingerprint density at radius 3 is 2.10 bits per heavy atom. The van der Waals surface area contributed by atoms with Gasteiger partial charge in [0.15, 0.2) is 0 Å². The Balaban J connectivity index is 1.58. The summed E-state index contributed by atoms with van der Waals surface area (Å²) in [4.78, 5) is 13.0. The molecule has 4 rings (SSSR count). The number of rotatable bonds is 13. The number of nitrogens with zero attached hydrogens (tertiary/aromatic N) is 1. The van der Waals surface area contributed by atoms with Gasteiger partial charge in [-0.2, -0.15) is 13.2 Å². The van der Waals surface area contributed by atoms with Crippen LogP contribution in [0.5, 0.6) is 5.75 Å². The average Bonchev–Trinajstić information content (AvgIpc) is 2.95. The molecule has 0 fully saturated rings. The van der Waals surface area contributed by atoms with Gasteiger partial charge in [-0.05, 0) is 48.2 Å². The van der Waals surface area contributed by atoms with Crippen LogP contribution in [0.3, 0.4) is 0 Å². The van der Waals surface area contributed by atoms with Gasteiger partial charge >= 0.3 is 12.1 Å².